The average Bonchev–Trinajstić information content (AvgIpc) is 3.14. The van der Waals surface area contributed by atoms with Crippen LogP contribution in [0.2, 0.25) is 6.32 Å². The number of esters is 1. The summed E-state index contributed by atoms with van der Waals surface area (Å²) in [5.41, 5.74) is -0.860. The molecule has 0 aromatic heterocycles. The number of nitrogens with one attached hydrogen (secondary N) is 2. The average molecular weight is 445 g/mol. The largest absolute Gasteiger partial charge is 0.511 e. The summed E-state index contributed by atoms with van der Waals surface area (Å²) in [6.07, 6.45) is 0.950. The minimum Gasteiger partial charge on any atom is -0.435 e. The topological polar surface area (TPSA) is 126 Å². The van der Waals surface area contributed by atoms with Gasteiger partial charge in [-0.05, 0) is 32.6 Å². The van der Waals surface area contributed by atoms with Gasteiger partial charge in [-0.15, -0.1) is 24.8 Å². The van der Waals surface area contributed by atoms with Crippen molar-refractivity contribution in [2.24, 2.45) is 5.92 Å². The Bertz CT molecular complexity index is 504. The van der Waals surface area contributed by atoms with E-state index in [-0.39, 0.29) is 49.7 Å². The zero-order valence-electron chi connectivity index (χ0n) is 16.2. The van der Waals surface area contributed by atoms with Gasteiger partial charge < -0.3 is 34.9 Å². The number of halogens is 2. The smallest absolute Gasteiger partial charge is 0.435 e. The number of ether oxygens (including phenoxy) is 3. The second-order valence-electron chi connectivity index (χ2n) is 6.81. The molecule has 0 spiro atoms. The van der Waals surface area contributed by atoms with Crippen molar-refractivity contribution >= 4 is 44.1 Å². The Hall–Kier alpha value is -0.775. The van der Waals surface area contributed by atoms with Crippen LogP contribution in [0.25, 0.3) is 0 Å². The lowest BCUT2D eigenvalue weighted by molar-refractivity contribution is -0.177. The quantitative estimate of drug-likeness (QED) is 0.177. The number of fused-ring (bicyclic) bond motifs is 1. The van der Waals surface area contributed by atoms with Crippen LogP contribution in [-0.4, -0.2) is 66.9 Å². The Labute approximate surface area is 178 Å². The van der Waals surface area contributed by atoms with Crippen LogP contribution < -0.4 is 10.6 Å². The number of carbonyl (C=O) groups excluding carboxylic acids is 2. The molecule has 1 unspecified atom stereocenters. The first-order valence-electron chi connectivity index (χ1n) is 9.28. The number of rotatable bonds is 9. The van der Waals surface area contributed by atoms with Crippen molar-refractivity contribution in [3.63, 3.8) is 0 Å². The van der Waals surface area contributed by atoms with Gasteiger partial charge in [0, 0.05) is 25.4 Å². The fourth-order valence-corrected chi connectivity index (χ4v) is 3.89. The summed E-state index contributed by atoms with van der Waals surface area (Å²) in [7, 11) is -1.34. The van der Waals surface area contributed by atoms with E-state index in [0.717, 1.165) is 13.0 Å². The van der Waals surface area contributed by atoms with Gasteiger partial charge in [0.05, 0.1) is 6.61 Å². The molecule has 2 aliphatic rings. The van der Waals surface area contributed by atoms with Crippen molar-refractivity contribution in [3.05, 3.63) is 0 Å². The van der Waals surface area contributed by atoms with E-state index in [1.807, 2.05) is 0 Å². The van der Waals surface area contributed by atoms with E-state index in [9.17, 15) is 9.59 Å². The highest BCUT2D eigenvalue weighted by molar-refractivity contribution is 6.40. The van der Waals surface area contributed by atoms with E-state index < -0.39 is 31.1 Å². The highest BCUT2D eigenvalue weighted by atomic mass is 35.5. The van der Waals surface area contributed by atoms with Crippen LogP contribution >= 0.6 is 24.8 Å². The maximum Gasteiger partial charge on any atom is 0.511 e. The molecule has 2 heterocycles. The lowest BCUT2D eigenvalue weighted by Gasteiger charge is -2.33. The zero-order chi connectivity index (χ0) is 19.2. The van der Waals surface area contributed by atoms with Gasteiger partial charge >= 0.3 is 19.2 Å². The molecule has 0 amide bonds. The third-order valence-corrected chi connectivity index (χ3v) is 5.06. The van der Waals surface area contributed by atoms with Crippen LogP contribution in [0.1, 0.15) is 39.5 Å². The molecule has 0 aromatic rings. The van der Waals surface area contributed by atoms with Crippen LogP contribution in [0.15, 0.2) is 0 Å². The van der Waals surface area contributed by atoms with Gasteiger partial charge in [0.1, 0.15) is 5.54 Å². The third kappa shape index (κ3) is 6.93. The van der Waals surface area contributed by atoms with Crippen LogP contribution in [0.4, 0.5) is 4.79 Å². The molecule has 0 aliphatic carbocycles. The first kappa shape index (κ1) is 27.2. The number of hydrogen-bond donors (Lipinski definition) is 4. The Balaban J connectivity index is 0.00000364. The van der Waals surface area contributed by atoms with Gasteiger partial charge in [-0.1, -0.05) is 12.8 Å². The van der Waals surface area contributed by atoms with Gasteiger partial charge in [0.15, 0.2) is 0 Å². The van der Waals surface area contributed by atoms with Crippen molar-refractivity contribution < 1.29 is 33.8 Å². The summed E-state index contributed by atoms with van der Waals surface area (Å²) in [6.45, 7) is 4.82. The summed E-state index contributed by atoms with van der Waals surface area (Å²) >= 11 is 0. The van der Waals surface area contributed by atoms with E-state index in [1.165, 1.54) is 6.92 Å². The zero-order valence-corrected chi connectivity index (χ0v) is 17.9. The van der Waals surface area contributed by atoms with Gasteiger partial charge in [-0.25, -0.2) is 9.59 Å². The summed E-state index contributed by atoms with van der Waals surface area (Å²) in [4.78, 5) is 24.3. The van der Waals surface area contributed by atoms with Crippen LogP contribution in [0.3, 0.4) is 0 Å². The molecule has 2 fully saturated rings. The highest BCUT2D eigenvalue weighted by Crippen LogP contribution is 2.38. The SMILES string of the molecule is CCOC(=O)OC(C)OC(=O)[C@]1(CCCCB(O)O)NC[C@@H]2NCC[C@@H]21.Cl.Cl. The Kier molecular flexibility index (Phi) is 12.4. The van der Waals surface area contributed by atoms with Crippen molar-refractivity contribution in [1.82, 2.24) is 10.6 Å². The van der Waals surface area contributed by atoms with E-state index in [2.05, 4.69) is 10.6 Å². The fraction of sp³-hybridized carbons (Fsp3) is 0.875. The fourth-order valence-electron chi connectivity index (χ4n) is 3.89. The van der Waals surface area contributed by atoms with E-state index in [0.29, 0.717) is 25.8 Å². The van der Waals surface area contributed by atoms with Gasteiger partial charge in [0.25, 0.3) is 0 Å². The van der Waals surface area contributed by atoms with Crippen molar-refractivity contribution in [1.29, 1.82) is 0 Å². The molecular formula is C16H31BCl2N2O7. The molecule has 12 heteroatoms. The molecule has 4 N–H and O–H groups in total. The van der Waals surface area contributed by atoms with Crippen LogP contribution in [0, 0.1) is 5.92 Å². The molecule has 0 radical (unpaired) electrons. The lowest BCUT2D eigenvalue weighted by atomic mass is 9.77. The predicted octanol–water partition coefficient (Wildman–Crippen LogP) is 0.855. The molecule has 28 heavy (non-hydrogen) atoms. The van der Waals surface area contributed by atoms with Crippen LogP contribution in [0.5, 0.6) is 0 Å². The van der Waals surface area contributed by atoms with Crippen molar-refractivity contribution in [3.8, 4) is 0 Å². The summed E-state index contributed by atoms with van der Waals surface area (Å²) in [5, 5.41) is 24.7. The van der Waals surface area contributed by atoms with Gasteiger partial charge in [0.2, 0.25) is 6.29 Å². The van der Waals surface area contributed by atoms with E-state index in [4.69, 9.17) is 24.3 Å². The molecule has 0 aromatic carbocycles. The monoisotopic (exact) mass is 444 g/mol. The lowest BCUT2D eigenvalue weighted by Crippen LogP contribution is -2.54. The molecule has 4 atom stereocenters. The Morgan fingerprint density at radius 2 is 1.96 bits per heavy atom. The summed E-state index contributed by atoms with van der Waals surface area (Å²) in [5.74, 6) is -0.362. The first-order valence-corrected chi connectivity index (χ1v) is 9.28. The number of hydrogen-bond acceptors (Lipinski definition) is 9. The van der Waals surface area contributed by atoms with Crippen molar-refractivity contribution in [2.75, 3.05) is 19.7 Å². The molecular weight excluding hydrogens is 414 g/mol. The minimum absolute atomic E-state index is 0. The molecule has 164 valence electrons. The third-order valence-electron chi connectivity index (χ3n) is 5.06. The highest BCUT2D eigenvalue weighted by Gasteiger charge is 2.55. The van der Waals surface area contributed by atoms with Gasteiger partial charge in [-0.2, -0.15) is 0 Å². The second-order valence-corrected chi connectivity index (χ2v) is 6.81. The van der Waals surface area contributed by atoms with Gasteiger partial charge in [-0.3, -0.25) is 0 Å². The molecule has 9 nitrogen and oxygen atoms in total. The molecule has 2 rings (SSSR count). The van der Waals surface area contributed by atoms with Crippen LogP contribution in [-0.2, 0) is 19.0 Å². The molecule has 0 bridgehead atoms. The maximum absolute atomic E-state index is 12.9. The second kappa shape index (κ2) is 12.7. The Morgan fingerprint density at radius 1 is 1.25 bits per heavy atom. The van der Waals surface area contributed by atoms with E-state index in [1.54, 1.807) is 6.92 Å². The number of carbonyl (C=O) groups is 2. The summed E-state index contributed by atoms with van der Waals surface area (Å²) < 4.78 is 15.0. The molecule has 2 aliphatic heterocycles. The predicted molar refractivity (Wildman–Crippen MR) is 108 cm³/mol. The minimum atomic E-state index is -1.34. The van der Waals surface area contributed by atoms with E-state index >= 15 is 0 Å². The molecule has 2 saturated heterocycles. The summed E-state index contributed by atoms with van der Waals surface area (Å²) in [6, 6.07) is 0.201. The standard InChI is InChI=1S/C16H29BN2O7.2ClH/c1-3-24-15(21)26-11(2)25-14(20)16(7-4-5-8-17(22)23)12-6-9-18-13(12)10-19-16;;/h11-13,18-19,22-23H,3-10H2,1-2H3;2*1H/t11?,12-,13-,16+;;/m0../s1. The maximum atomic E-state index is 12.9. The van der Waals surface area contributed by atoms with Crippen molar-refractivity contribution in [2.45, 2.75) is 63.7 Å². The molecule has 0 saturated carbocycles. The Morgan fingerprint density at radius 3 is 2.61 bits per heavy atom. The normalized spacial score (nSPS) is 26.3. The number of unbranched alkanes of at least 4 members (excludes halogenated alkanes) is 1. The first-order chi connectivity index (χ1) is 12.4.